The number of carbonyl (C=O) groups is 2. The number of ether oxygens (including phenoxy) is 1. The predicted octanol–water partition coefficient (Wildman–Crippen LogP) is 4.49. The van der Waals surface area contributed by atoms with Crippen molar-refractivity contribution >= 4 is 23.5 Å². The summed E-state index contributed by atoms with van der Waals surface area (Å²) in [4.78, 5) is 25.9. The van der Waals surface area contributed by atoms with Gasteiger partial charge in [-0.25, -0.2) is 4.79 Å². The Morgan fingerprint density at radius 1 is 1.06 bits per heavy atom. The number of nitrogens with zero attached hydrogens (tertiary/aromatic N) is 1. The van der Waals surface area contributed by atoms with E-state index in [0.717, 1.165) is 16.9 Å². The second-order valence-corrected chi connectivity index (χ2v) is 8.56. The van der Waals surface area contributed by atoms with E-state index in [1.54, 1.807) is 30.5 Å². The molecule has 3 rings (SSSR count). The van der Waals surface area contributed by atoms with Crippen LogP contribution < -0.4 is 10.1 Å². The van der Waals surface area contributed by atoms with E-state index < -0.39 is 11.6 Å². The zero-order chi connectivity index (χ0) is 23.8. The predicted molar refractivity (Wildman–Crippen MR) is 125 cm³/mol. The smallest absolute Gasteiger partial charge is 0.347 e. The van der Waals surface area contributed by atoms with Gasteiger partial charge in [-0.05, 0) is 55.3 Å². The number of amides is 1. The summed E-state index contributed by atoms with van der Waals surface area (Å²) >= 11 is 6.17. The normalized spacial score (nSPS) is 11.4. The highest BCUT2D eigenvalue weighted by Crippen LogP contribution is 2.20. The Balaban J connectivity index is 1.63. The Kier molecular flexibility index (Phi) is 8.14. The lowest BCUT2D eigenvalue weighted by atomic mass is 10.1. The van der Waals surface area contributed by atoms with Crippen molar-refractivity contribution in [1.29, 1.82) is 0 Å². The third kappa shape index (κ3) is 7.37. The van der Waals surface area contributed by atoms with Crippen LogP contribution in [0.2, 0.25) is 5.02 Å². The molecule has 0 unspecified atom stereocenters. The number of carboxylic acid groups (broad SMARTS) is 1. The summed E-state index contributed by atoms with van der Waals surface area (Å²) in [6.45, 7) is 4.44. The van der Waals surface area contributed by atoms with Gasteiger partial charge in [-0.2, -0.15) is 0 Å². The van der Waals surface area contributed by atoms with Crippen LogP contribution in [-0.4, -0.2) is 34.0 Å². The van der Waals surface area contributed by atoms with Crippen molar-refractivity contribution in [2.45, 2.75) is 39.1 Å². The minimum absolute atomic E-state index is 0.135. The highest BCUT2D eigenvalue weighted by molar-refractivity contribution is 6.31. The average molecular weight is 471 g/mol. The topological polar surface area (TPSA) is 92.0 Å². The van der Waals surface area contributed by atoms with Gasteiger partial charge in [0.1, 0.15) is 11.5 Å². The number of carbonyl (C=O) groups excluding carboxylic acids is 1. The molecule has 8 heteroatoms. The highest BCUT2D eigenvalue weighted by Gasteiger charge is 2.29. The Hall–Kier alpha value is -3.29. The summed E-state index contributed by atoms with van der Waals surface area (Å²) in [5, 5.41) is 12.7. The van der Waals surface area contributed by atoms with Gasteiger partial charge in [-0.3, -0.25) is 9.69 Å². The van der Waals surface area contributed by atoms with E-state index in [0.29, 0.717) is 30.4 Å². The molecular weight excluding hydrogens is 444 g/mol. The fraction of sp³-hybridized carbons (Fsp3) is 0.280. The molecule has 0 spiro atoms. The minimum Gasteiger partial charge on any atom is -0.478 e. The number of rotatable bonds is 11. The zero-order valence-electron chi connectivity index (χ0n) is 18.6. The largest absolute Gasteiger partial charge is 0.478 e. The van der Waals surface area contributed by atoms with E-state index in [9.17, 15) is 14.7 Å². The van der Waals surface area contributed by atoms with Gasteiger partial charge in [0.05, 0.1) is 19.4 Å². The molecule has 2 N–H and O–H groups in total. The maximum atomic E-state index is 12.6. The van der Waals surface area contributed by atoms with Crippen molar-refractivity contribution < 1.29 is 23.8 Å². The number of hydrogen-bond donors (Lipinski definition) is 2. The Bertz CT molecular complexity index is 1060. The second-order valence-electron chi connectivity index (χ2n) is 8.15. The lowest BCUT2D eigenvalue weighted by Crippen LogP contribution is -2.37. The first-order valence-electron chi connectivity index (χ1n) is 10.5. The van der Waals surface area contributed by atoms with Gasteiger partial charge in [-0.1, -0.05) is 41.9 Å². The summed E-state index contributed by atoms with van der Waals surface area (Å²) < 4.78 is 11.0. The Morgan fingerprint density at radius 2 is 1.79 bits per heavy atom. The third-order valence-corrected chi connectivity index (χ3v) is 5.35. The molecule has 1 aromatic heterocycles. The van der Waals surface area contributed by atoms with Gasteiger partial charge < -0.3 is 19.6 Å². The van der Waals surface area contributed by atoms with E-state index in [-0.39, 0.29) is 12.5 Å². The molecule has 2 aromatic carbocycles. The molecule has 7 nitrogen and oxygen atoms in total. The Labute approximate surface area is 197 Å². The number of halogens is 1. The van der Waals surface area contributed by atoms with Gasteiger partial charge in [0.25, 0.3) is 0 Å². The molecule has 0 bridgehead atoms. The van der Waals surface area contributed by atoms with E-state index in [1.165, 1.54) is 13.8 Å². The summed E-state index contributed by atoms with van der Waals surface area (Å²) in [6.07, 6.45) is 1.60. The van der Waals surface area contributed by atoms with Gasteiger partial charge in [0.15, 0.2) is 5.60 Å². The van der Waals surface area contributed by atoms with Crippen molar-refractivity contribution in [1.82, 2.24) is 10.2 Å². The number of carboxylic acids is 1. The molecule has 1 heterocycles. The van der Waals surface area contributed by atoms with Crippen LogP contribution in [0.25, 0.3) is 0 Å². The van der Waals surface area contributed by atoms with Crippen LogP contribution in [0.1, 0.15) is 30.7 Å². The number of aliphatic carboxylic acids is 1. The third-order valence-electron chi connectivity index (χ3n) is 4.98. The van der Waals surface area contributed by atoms with Crippen molar-refractivity contribution in [3.63, 3.8) is 0 Å². The molecule has 33 heavy (non-hydrogen) atoms. The summed E-state index contributed by atoms with van der Waals surface area (Å²) in [5.41, 5.74) is 0.470. The van der Waals surface area contributed by atoms with Crippen molar-refractivity contribution in [3.05, 3.63) is 88.8 Å². The highest BCUT2D eigenvalue weighted by atomic mass is 35.5. The SMILES string of the molecule is CC(C)(Oc1ccc(CN(CC(=O)NCc2ccccc2Cl)Cc2ccco2)cc1)C(=O)O. The van der Waals surface area contributed by atoms with Gasteiger partial charge in [0, 0.05) is 18.1 Å². The maximum Gasteiger partial charge on any atom is 0.347 e. The molecule has 0 radical (unpaired) electrons. The first-order valence-corrected chi connectivity index (χ1v) is 10.9. The molecule has 0 aliphatic rings. The molecule has 174 valence electrons. The van der Waals surface area contributed by atoms with Crippen LogP contribution in [0.5, 0.6) is 5.75 Å². The van der Waals surface area contributed by atoms with E-state index in [4.69, 9.17) is 20.8 Å². The fourth-order valence-electron chi connectivity index (χ4n) is 3.14. The molecule has 0 aliphatic carbocycles. The first-order chi connectivity index (χ1) is 15.7. The second kappa shape index (κ2) is 11.0. The first kappa shape index (κ1) is 24.4. The molecule has 3 aromatic rings. The van der Waals surface area contributed by atoms with Crippen molar-refractivity contribution in [2.24, 2.45) is 0 Å². The van der Waals surface area contributed by atoms with Crippen LogP contribution in [0.15, 0.2) is 71.3 Å². The van der Waals surface area contributed by atoms with Crippen LogP contribution in [0, 0.1) is 0 Å². The Morgan fingerprint density at radius 3 is 2.42 bits per heavy atom. The summed E-state index contributed by atoms with van der Waals surface area (Å²) in [5.74, 6) is 0.0296. The average Bonchev–Trinajstić information content (AvgIpc) is 3.27. The van der Waals surface area contributed by atoms with Crippen molar-refractivity contribution in [2.75, 3.05) is 6.54 Å². The zero-order valence-corrected chi connectivity index (χ0v) is 19.3. The van der Waals surface area contributed by atoms with E-state index in [1.807, 2.05) is 41.3 Å². The van der Waals surface area contributed by atoms with Crippen molar-refractivity contribution in [3.8, 4) is 5.75 Å². The van der Waals surface area contributed by atoms with Crippen LogP contribution in [0.3, 0.4) is 0 Å². The maximum absolute atomic E-state index is 12.6. The van der Waals surface area contributed by atoms with Gasteiger partial charge >= 0.3 is 5.97 Å². The molecule has 0 atom stereocenters. The quantitative estimate of drug-likeness (QED) is 0.429. The number of benzene rings is 2. The van der Waals surface area contributed by atoms with Crippen LogP contribution in [-0.2, 0) is 29.2 Å². The number of furan rings is 1. The molecular formula is C25H27ClN2O5. The standard InChI is InChI=1S/C25H27ClN2O5/c1-25(2,24(30)31)33-20-11-9-18(10-12-20)15-28(16-21-7-5-13-32-21)17-23(29)27-14-19-6-3-4-8-22(19)26/h3-13H,14-17H2,1-2H3,(H,27,29)(H,30,31). The monoisotopic (exact) mass is 470 g/mol. The number of hydrogen-bond acceptors (Lipinski definition) is 5. The van der Waals surface area contributed by atoms with Gasteiger partial charge in [-0.15, -0.1) is 0 Å². The summed E-state index contributed by atoms with van der Waals surface area (Å²) in [6, 6.07) is 18.2. The van der Waals surface area contributed by atoms with E-state index in [2.05, 4.69) is 5.32 Å². The van der Waals surface area contributed by atoms with E-state index >= 15 is 0 Å². The molecule has 0 saturated heterocycles. The lowest BCUT2D eigenvalue weighted by molar-refractivity contribution is -0.152. The minimum atomic E-state index is -1.33. The summed E-state index contributed by atoms with van der Waals surface area (Å²) in [7, 11) is 0. The molecule has 0 aliphatic heterocycles. The lowest BCUT2D eigenvalue weighted by Gasteiger charge is -2.23. The molecule has 0 fully saturated rings. The van der Waals surface area contributed by atoms with Crippen LogP contribution in [0.4, 0.5) is 0 Å². The van der Waals surface area contributed by atoms with Crippen LogP contribution >= 0.6 is 11.6 Å². The number of nitrogens with one attached hydrogen (secondary N) is 1. The van der Waals surface area contributed by atoms with Gasteiger partial charge in [0.2, 0.25) is 5.91 Å². The fourth-order valence-corrected chi connectivity index (χ4v) is 3.35. The molecule has 0 saturated carbocycles. The molecule has 1 amide bonds.